The molecular weight excluding hydrogens is 222 g/mol. The van der Waals surface area contributed by atoms with Crippen LogP contribution in [0.2, 0.25) is 0 Å². The molecule has 3 heteroatoms. The molecule has 0 saturated heterocycles. The summed E-state index contributed by atoms with van der Waals surface area (Å²) in [6.45, 7) is 7.03. The number of nitrogens with zero attached hydrogens (tertiary/aromatic N) is 2. The molecule has 0 aliphatic heterocycles. The van der Waals surface area contributed by atoms with Crippen molar-refractivity contribution in [1.29, 1.82) is 0 Å². The Kier molecular flexibility index (Phi) is 3.82. The lowest BCUT2D eigenvalue weighted by molar-refractivity contribution is 0.546. The third-order valence-corrected chi connectivity index (χ3v) is 3.32. The van der Waals surface area contributed by atoms with Crippen molar-refractivity contribution >= 4 is 0 Å². The molecule has 0 aliphatic rings. The molecule has 0 saturated carbocycles. The van der Waals surface area contributed by atoms with Gasteiger partial charge in [-0.2, -0.15) is 0 Å². The molecule has 1 heterocycles. The number of nitrogens with two attached hydrogens (primary N) is 1. The van der Waals surface area contributed by atoms with Gasteiger partial charge in [0.15, 0.2) is 0 Å². The number of aryl methyl sites for hydroxylation is 1. The van der Waals surface area contributed by atoms with E-state index in [1.54, 1.807) is 0 Å². The number of rotatable bonds is 4. The largest absolute Gasteiger partial charge is 0.328 e. The molecule has 1 atom stereocenters. The van der Waals surface area contributed by atoms with E-state index in [2.05, 4.69) is 54.6 Å². The molecule has 1 aromatic heterocycles. The minimum Gasteiger partial charge on any atom is -0.328 e. The highest BCUT2D eigenvalue weighted by molar-refractivity contribution is 5.30. The van der Waals surface area contributed by atoms with Crippen LogP contribution in [0.1, 0.15) is 42.8 Å². The van der Waals surface area contributed by atoms with Gasteiger partial charge in [-0.3, -0.25) is 0 Å². The number of aromatic nitrogens is 2. The lowest BCUT2D eigenvalue weighted by Gasteiger charge is -2.22. The Balaban J connectivity index is 2.46. The zero-order chi connectivity index (χ0) is 13.1. The second-order valence-electron chi connectivity index (χ2n) is 4.96. The fourth-order valence-corrected chi connectivity index (χ4v) is 2.39. The summed E-state index contributed by atoms with van der Waals surface area (Å²) in [4.78, 5) is 4.45. The van der Waals surface area contributed by atoms with E-state index < -0.39 is 0 Å². The van der Waals surface area contributed by atoms with Crippen LogP contribution in [0.3, 0.4) is 0 Å². The van der Waals surface area contributed by atoms with E-state index in [-0.39, 0.29) is 6.04 Å². The molecule has 0 fully saturated rings. The van der Waals surface area contributed by atoms with Crippen molar-refractivity contribution in [2.75, 3.05) is 6.54 Å². The first-order valence-electron chi connectivity index (χ1n) is 6.43. The lowest BCUT2D eigenvalue weighted by atomic mass is 10.0. The van der Waals surface area contributed by atoms with Crippen LogP contribution < -0.4 is 5.73 Å². The fraction of sp³-hybridized carbons (Fsp3) is 0.400. The van der Waals surface area contributed by atoms with Crippen molar-refractivity contribution in [2.24, 2.45) is 5.73 Å². The minimum atomic E-state index is 0.172. The number of hydrogen-bond acceptors (Lipinski definition) is 2. The summed E-state index contributed by atoms with van der Waals surface area (Å²) in [6.07, 6.45) is 3.88. The first-order chi connectivity index (χ1) is 8.65. The number of hydrogen-bond donors (Lipinski definition) is 1. The maximum absolute atomic E-state index is 5.99. The Labute approximate surface area is 109 Å². The molecule has 18 heavy (non-hydrogen) atoms. The quantitative estimate of drug-likeness (QED) is 0.897. The van der Waals surface area contributed by atoms with Gasteiger partial charge in [0, 0.05) is 24.9 Å². The average Bonchev–Trinajstić information content (AvgIpc) is 2.82. The Morgan fingerprint density at radius 1 is 1.28 bits per heavy atom. The van der Waals surface area contributed by atoms with Gasteiger partial charge in [-0.15, -0.1) is 0 Å². The van der Waals surface area contributed by atoms with Crippen molar-refractivity contribution in [3.63, 3.8) is 0 Å². The van der Waals surface area contributed by atoms with Crippen LogP contribution in [-0.2, 0) is 0 Å². The van der Waals surface area contributed by atoms with Gasteiger partial charge >= 0.3 is 0 Å². The van der Waals surface area contributed by atoms with Crippen molar-refractivity contribution < 1.29 is 0 Å². The summed E-state index contributed by atoms with van der Waals surface area (Å²) in [5.41, 5.74) is 8.54. The molecule has 2 N–H and O–H groups in total. The summed E-state index contributed by atoms with van der Waals surface area (Å²) >= 11 is 0. The maximum Gasteiger partial charge on any atom is 0.111 e. The third-order valence-electron chi connectivity index (χ3n) is 3.32. The van der Waals surface area contributed by atoms with Crippen LogP contribution in [0, 0.1) is 6.92 Å². The van der Waals surface area contributed by atoms with E-state index in [9.17, 15) is 0 Å². The zero-order valence-corrected chi connectivity index (χ0v) is 11.3. The molecule has 3 nitrogen and oxygen atoms in total. The highest BCUT2D eigenvalue weighted by atomic mass is 15.1. The molecule has 0 aliphatic carbocycles. The van der Waals surface area contributed by atoms with E-state index in [1.807, 2.05) is 12.4 Å². The predicted molar refractivity (Wildman–Crippen MR) is 74.7 cm³/mol. The highest BCUT2D eigenvalue weighted by Gasteiger charge is 2.18. The normalized spacial score (nSPS) is 12.9. The van der Waals surface area contributed by atoms with Crippen LogP contribution in [-0.4, -0.2) is 16.1 Å². The van der Waals surface area contributed by atoms with E-state index in [0.717, 1.165) is 5.82 Å². The van der Waals surface area contributed by atoms with Crippen LogP contribution in [0.15, 0.2) is 36.7 Å². The molecule has 0 radical (unpaired) electrons. The molecule has 0 amide bonds. The zero-order valence-electron chi connectivity index (χ0n) is 11.3. The second kappa shape index (κ2) is 5.36. The monoisotopic (exact) mass is 243 g/mol. The summed E-state index contributed by atoms with van der Waals surface area (Å²) in [6, 6.07) is 8.58. The standard InChI is InChI=1S/C15H21N3/c1-11(2)15-17-8-9-18(15)14(10-16)13-7-5-4-6-12(13)3/h4-9,11,14H,10,16H2,1-3H3. The average molecular weight is 243 g/mol. The highest BCUT2D eigenvalue weighted by Crippen LogP contribution is 2.24. The SMILES string of the molecule is Cc1ccccc1C(CN)n1ccnc1C(C)C. The summed E-state index contributed by atoms with van der Waals surface area (Å²) in [5.74, 6) is 1.49. The second-order valence-corrected chi connectivity index (χ2v) is 4.96. The van der Waals surface area contributed by atoms with Crippen LogP contribution in [0.5, 0.6) is 0 Å². The van der Waals surface area contributed by atoms with Gasteiger partial charge in [-0.05, 0) is 18.1 Å². The van der Waals surface area contributed by atoms with Gasteiger partial charge in [-0.25, -0.2) is 4.98 Å². The third kappa shape index (κ3) is 2.31. The first kappa shape index (κ1) is 12.8. The molecule has 1 aromatic carbocycles. The molecular formula is C15H21N3. The molecule has 0 bridgehead atoms. The van der Waals surface area contributed by atoms with Gasteiger partial charge in [0.1, 0.15) is 5.82 Å². The van der Waals surface area contributed by atoms with Gasteiger partial charge in [-0.1, -0.05) is 38.1 Å². The molecule has 1 unspecified atom stereocenters. The van der Waals surface area contributed by atoms with Crippen molar-refractivity contribution in [1.82, 2.24) is 9.55 Å². The Morgan fingerprint density at radius 2 is 2.00 bits per heavy atom. The van der Waals surface area contributed by atoms with E-state index in [4.69, 9.17) is 5.73 Å². The topological polar surface area (TPSA) is 43.8 Å². The Bertz CT molecular complexity index is 514. The van der Waals surface area contributed by atoms with Gasteiger partial charge < -0.3 is 10.3 Å². The smallest absolute Gasteiger partial charge is 0.111 e. The van der Waals surface area contributed by atoms with Crippen LogP contribution in [0.25, 0.3) is 0 Å². The fourth-order valence-electron chi connectivity index (χ4n) is 2.39. The lowest BCUT2D eigenvalue weighted by Crippen LogP contribution is -2.23. The molecule has 0 spiro atoms. The summed E-state index contributed by atoms with van der Waals surface area (Å²) in [5, 5.41) is 0. The minimum absolute atomic E-state index is 0.172. The van der Waals surface area contributed by atoms with E-state index in [0.29, 0.717) is 12.5 Å². The van der Waals surface area contributed by atoms with Gasteiger partial charge in [0.25, 0.3) is 0 Å². The first-order valence-corrected chi connectivity index (χ1v) is 6.43. The molecule has 2 rings (SSSR count). The summed E-state index contributed by atoms with van der Waals surface area (Å²) < 4.78 is 2.20. The van der Waals surface area contributed by atoms with Crippen molar-refractivity contribution in [3.8, 4) is 0 Å². The van der Waals surface area contributed by atoms with Gasteiger partial charge in [0.2, 0.25) is 0 Å². The summed E-state index contributed by atoms with van der Waals surface area (Å²) in [7, 11) is 0. The van der Waals surface area contributed by atoms with E-state index in [1.165, 1.54) is 11.1 Å². The van der Waals surface area contributed by atoms with Gasteiger partial charge in [0.05, 0.1) is 6.04 Å². The Hall–Kier alpha value is -1.61. The van der Waals surface area contributed by atoms with Crippen LogP contribution >= 0.6 is 0 Å². The van der Waals surface area contributed by atoms with Crippen molar-refractivity contribution in [3.05, 3.63) is 53.6 Å². The number of imidazole rings is 1. The van der Waals surface area contributed by atoms with Crippen molar-refractivity contribution in [2.45, 2.75) is 32.7 Å². The molecule has 2 aromatic rings. The Morgan fingerprint density at radius 3 is 2.61 bits per heavy atom. The molecule has 96 valence electrons. The number of benzene rings is 1. The maximum atomic E-state index is 5.99. The predicted octanol–water partition coefficient (Wildman–Crippen LogP) is 2.86. The van der Waals surface area contributed by atoms with Crippen LogP contribution in [0.4, 0.5) is 0 Å². The van der Waals surface area contributed by atoms with E-state index >= 15 is 0 Å².